The standard InChI is InChI=1S/C20H32N4O.HI/c1-3-4-12-22-20(21-2)23-16-19(25)24-13-10-18(11-14-24)15-17-8-6-5-7-9-17;/h5-9,18H,3-4,10-16H2,1-2H3,(H2,21,22,23);1H. The number of nitrogens with one attached hydrogen (secondary N) is 2. The van der Waals surface area contributed by atoms with E-state index in [2.05, 4.69) is 52.9 Å². The highest BCUT2D eigenvalue weighted by atomic mass is 127. The number of benzene rings is 1. The van der Waals surface area contributed by atoms with Crippen LogP contribution in [0.2, 0.25) is 0 Å². The molecule has 1 heterocycles. The van der Waals surface area contributed by atoms with Crippen molar-refractivity contribution in [3.8, 4) is 0 Å². The van der Waals surface area contributed by atoms with E-state index in [0.717, 1.165) is 51.7 Å². The van der Waals surface area contributed by atoms with Crippen LogP contribution in [-0.4, -0.2) is 50.0 Å². The topological polar surface area (TPSA) is 56.7 Å². The Morgan fingerprint density at radius 2 is 1.88 bits per heavy atom. The number of halogens is 1. The fourth-order valence-corrected chi connectivity index (χ4v) is 3.21. The van der Waals surface area contributed by atoms with E-state index < -0.39 is 0 Å². The summed E-state index contributed by atoms with van der Waals surface area (Å²) in [6, 6.07) is 10.6. The van der Waals surface area contributed by atoms with Gasteiger partial charge in [0.05, 0.1) is 6.54 Å². The van der Waals surface area contributed by atoms with Crippen LogP contribution in [0.1, 0.15) is 38.2 Å². The third kappa shape index (κ3) is 7.93. The lowest BCUT2D eigenvalue weighted by Gasteiger charge is -2.32. The van der Waals surface area contributed by atoms with E-state index >= 15 is 0 Å². The van der Waals surface area contributed by atoms with Gasteiger partial charge in [0.2, 0.25) is 5.91 Å². The SMILES string of the molecule is CCCCNC(=NC)NCC(=O)N1CCC(Cc2ccccc2)CC1.I. The van der Waals surface area contributed by atoms with Gasteiger partial charge in [-0.25, -0.2) is 0 Å². The van der Waals surface area contributed by atoms with Gasteiger partial charge in [0.15, 0.2) is 5.96 Å². The number of guanidine groups is 1. The predicted molar refractivity (Wildman–Crippen MR) is 119 cm³/mol. The van der Waals surface area contributed by atoms with Crippen molar-refractivity contribution in [1.82, 2.24) is 15.5 Å². The van der Waals surface area contributed by atoms with E-state index in [1.54, 1.807) is 7.05 Å². The molecule has 26 heavy (non-hydrogen) atoms. The lowest BCUT2D eigenvalue weighted by molar-refractivity contribution is -0.131. The Kier molecular flexibility index (Phi) is 11.3. The van der Waals surface area contributed by atoms with Crippen molar-refractivity contribution in [2.45, 2.75) is 39.0 Å². The molecule has 0 saturated carbocycles. The highest BCUT2D eigenvalue weighted by Crippen LogP contribution is 2.21. The number of piperidine rings is 1. The number of carbonyl (C=O) groups is 1. The summed E-state index contributed by atoms with van der Waals surface area (Å²) >= 11 is 0. The minimum Gasteiger partial charge on any atom is -0.356 e. The van der Waals surface area contributed by atoms with Crippen molar-refractivity contribution in [1.29, 1.82) is 0 Å². The van der Waals surface area contributed by atoms with E-state index in [1.807, 2.05) is 4.90 Å². The minimum absolute atomic E-state index is 0. The van der Waals surface area contributed by atoms with E-state index in [1.165, 1.54) is 5.56 Å². The molecule has 1 aromatic rings. The summed E-state index contributed by atoms with van der Waals surface area (Å²) in [5.41, 5.74) is 1.40. The maximum Gasteiger partial charge on any atom is 0.241 e. The summed E-state index contributed by atoms with van der Waals surface area (Å²) in [6.07, 6.45) is 5.54. The number of nitrogens with zero attached hydrogens (tertiary/aromatic N) is 2. The quantitative estimate of drug-likeness (QED) is 0.278. The Hall–Kier alpha value is -1.31. The molecule has 1 fully saturated rings. The second kappa shape index (κ2) is 12.9. The van der Waals surface area contributed by atoms with Gasteiger partial charge in [0.25, 0.3) is 0 Å². The molecule has 6 heteroatoms. The fraction of sp³-hybridized carbons (Fsp3) is 0.600. The van der Waals surface area contributed by atoms with Crippen molar-refractivity contribution >= 4 is 35.8 Å². The lowest BCUT2D eigenvalue weighted by atomic mass is 9.90. The van der Waals surface area contributed by atoms with Gasteiger partial charge in [0.1, 0.15) is 0 Å². The molecule has 0 aromatic heterocycles. The number of hydrogen-bond donors (Lipinski definition) is 2. The summed E-state index contributed by atoms with van der Waals surface area (Å²) in [4.78, 5) is 18.5. The number of unbranched alkanes of at least 4 members (excludes halogenated alkanes) is 1. The maximum absolute atomic E-state index is 12.4. The maximum atomic E-state index is 12.4. The van der Waals surface area contributed by atoms with E-state index in [4.69, 9.17) is 0 Å². The van der Waals surface area contributed by atoms with Crippen LogP contribution in [-0.2, 0) is 11.2 Å². The number of hydrogen-bond acceptors (Lipinski definition) is 2. The molecule has 1 aromatic carbocycles. The third-order valence-corrected chi connectivity index (χ3v) is 4.79. The van der Waals surface area contributed by atoms with E-state index in [0.29, 0.717) is 18.4 Å². The van der Waals surface area contributed by atoms with Crippen molar-refractivity contribution < 1.29 is 4.79 Å². The van der Waals surface area contributed by atoms with Gasteiger partial charge in [0, 0.05) is 26.7 Å². The van der Waals surface area contributed by atoms with Gasteiger partial charge >= 0.3 is 0 Å². The van der Waals surface area contributed by atoms with E-state index in [-0.39, 0.29) is 29.9 Å². The van der Waals surface area contributed by atoms with Crippen molar-refractivity contribution in [3.05, 3.63) is 35.9 Å². The monoisotopic (exact) mass is 472 g/mol. The predicted octanol–water partition coefficient (Wildman–Crippen LogP) is 3.05. The third-order valence-electron chi connectivity index (χ3n) is 4.79. The van der Waals surface area contributed by atoms with Crippen LogP contribution >= 0.6 is 24.0 Å². The molecule has 0 bridgehead atoms. The smallest absolute Gasteiger partial charge is 0.241 e. The zero-order valence-corrected chi connectivity index (χ0v) is 18.4. The molecule has 0 atom stereocenters. The average Bonchev–Trinajstić information content (AvgIpc) is 2.66. The van der Waals surface area contributed by atoms with Gasteiger partial charge in [-0.1, -0.05) is 43.7 Å². The van der Waals surface area contributed by atoms with Crippen LogP contribution < -0.4 is 10.6 Å². The van der Waals surface area contributed by atoms with Gasteiger partial charge < -0.3 is 15.5 Å². The number of rotatable bonds is 7. The molecule has 5 nitrogen and oxygen atoms in total. The van der Waals surface area contributed by atoms with Gasteiger partial charge in [-0.3, -0.25) is 9.79 Å². The van der Waals surface area contributed by atoms with Crippen LogP contribution in [0.25, 0.3) is 0 Å². The van der Waals surface area contributed by atoms with E-state index in [9.17, 15) is 4.79 Å². The molecule has 0 unspecified atom stereocenters. The number of amides is 1. The van der Waals surface area contributed by atoms with Crippen molar-refractivity contribution in [3.63, 3.8) is 0 Å². The molecule has 1 amide bonds. The second-order valence-electron chi connectivity index (χ2n) is 6.72. The Morgan fingerprint density at radius 1 is 1.19 bits per heavy atom. The Bertz CT molecular complexity index is 542. The summed E-state index contributed by atoms with van der Waals surface area (Å²) in [5.74, 6) is 1.56. The Morgan fingerprint density at radius 3 is 2.50 bits per heavy atom. The number of likely N-dealkylation sites (tertiary alicyclic amines) is 1. The summed E-state index contributed by atoms with van der Waals surface area (Å²) in [5, 5.41) is 6.36. The van der Waals surface area contributed by atoms with Crippen LogP contribution in [0, 0.1) is 5.92 Å². The molecule has 2 N–H and O–H groups in total. The summed E-state index contributed by atoms with van der Waals surface area (Å²) in [7, 11) is 1.74. The molecule has 1 aliphatic heterocycles. The first-order valence-electron chi connectivity index (χ1n) is 9.49. The van der Waals surface area contributed by atoms with Gasteiger partial charge in [-0.05, 0) is 37.2 Å². The normalized spacial score (nSPS) is 15.3. The second-order valence-corrected chi connectivity index (χ2v) is 6.72. The molecular weight excluding hydrogens is 439 g/mol. The number of carbonyl (C=O) groups excluding carboxylic acids is 1. The van der Waals surface area contributed by atoms with Crippen LogP contribution in [0.3, 0.4) is 0 Å². The van der Waals surface area contributed by atoms with Gasteiger partial charge in [-0.15, -0.1) is 24.0 Å². The first-order valence-corrected chi connectivity index (χ1v) is 9.49. The average molecular weight is 472 g/mol. The fourth-order valence-electron chi connectivity index (χ4n) is 3.21. The zero-order chi connectivity index (χ0) is 17.9. The minimum atomic E-state index is 0. The Balaban J connectivity index is 0.00000338. The first kappa shape index (κ1) is 22.7. The zero-order valence-electron chi connectivity index (χ0n) is 16.0. The number of aliphatic imine (C=N–C) groups is 1. The summed E-state index contributed by atoms with van der Waals surface area (Å²) in [6.45, 7) is 5.08. The molecule has 1 saturated heterocycles. The van der Waals surface area contributed by atoms with Crippen LogP contribution in [0.15, 0.2) is 35.3 Å². The summed E-state index contributed by atoms with van der Waals surface area (Å²) < 4.78 is 0. The van der Waals surface area contributed by atoms with Crippen molar-refractivity contribution in [2.24, 2.45) is 10.9 Å². The highest BCUT2D eigenvalue weighted by molar-refractivity contribution is 14.0. The molecule has 1 aliphatic rings. The molecule has 146 valence electrons. The van der Waals surface area contributed by atoms with Crippen LogP contribution in [0.4, 0.5) is 0 Å². The highest BCUT2D eigenvalue weighted by Gasteiger charge is 2.22. The Labute approximate surface area is 175 Å². The molecule has 0 radical (unpaired) electrons. The largest absolute Gasteiger partial charge is 0.356 e. The first-order chi connectivity index (χ1) is 12.2. The molecule has 0 aliphatic carbocycles. The molecule has 2 rings (SSSR count). The van der Waals surface area contributed by atoms with Gasteiger partial charge in [-0.2, -0.15) is 0 Å². The van der Waals surface area contributed by atoms with Crippen molar-refractivity contribution in [2.75, 3.05) is 33.2 Å². The lowest BCUT2D eigenvalue weighted by Crippen LogP contribution is -2.47. The molecule has 0 spiro atoms. The molecular formula is C20H33IN4O. The van der Waals surface area contributed by atoms with Crippen LogP contribution in [0.5, 0.6) is 0 Å².